The lowest BCUT2D eigenvalue weighted by Gasteiger charge is -2.11. The van der Waals surface area contributed by atoms with Gasteiger partial charge in [-0.3, -0.25) is 10.1 Å². The van der Waals surface area contributed by atoms with Crippen molar-refractivity contribution >= 4 is 11.4 Å². The molecule has 0 aliphatic heterocycles. The predicted molar refractivity (Wildman–Crippen MR) is 78.4 cm³/mol. The maximum atomic E-state index is 12.6. The topological polar surface area (TPSA) is 64.4 Å². The Morgan fingerprint density at radius 2 is 1.96 bits per heavy atom. The number of anilines is 1. The molecule has 23 heavy (non-hydrogen) atoms. The normalized spacial score (nSPS) is 11.1. The van der Waals surface area contributed by atoms with Crippen molar-refractivity contribution in [1.82, 2.24) is 0 Å². The summed E-state index contributed by atoms with van der Waals surface area (Å²) in [6.07, 6.45) is -4.63. The van der Waals surface area contributed by atoms with Crippen molar-refractivity contribution in [1.29, 1.82) is 0 Å². The zero-order valence-electron chi connectivity index (χ0n) is 12.1. The van der Waals surface area contributed by atoms with Gasteiger partial charge in [0.05, 0.1) is 17.6 Å². The molecule has 122 valence electrons. The largest absolute Gasteiger partial charge is 0.497 e. The SMILES string of the molecule is COc1cccc(CNc2ccc(C(F)(F)F)cc2[N+](=O)[O-])c1. The highest BCUT2D eigenvalue weighted by Crippen LogP contribution is 2.35. The summed E-state index contributed by atoms with van der Waals surface area (Å²) in [4.78, 5) is 10.1. The number of rotatable bonds is 5. The number of ether oxygens (including phenoxy) is 1. The van der Waals surface area contributed by atoms with Crippen LogP contribution in [0.25, 0.3) is 0 Å². The van der Waals surface area contributed by atoms with Crippen molar-refractivity contribution in [3.63, 3.8) is 0 Å². The van der Waals surface area contributed by atoms with Crippen molar-refractivity contribution in [3.8, 4) is 5.75 Å². The van der Waals surface area contributed by atoms with Crippen molar-refractivity contribution in [3.05, 3.63) is 63.7 Å². The Morgan fingerprint density at radius 1 is 1.22 bits per heavy atom. The average Bonchev–Trinajstić information content (AvgIpc) is 2.52. The Bertz CT molecular complexity index is 717. The molecule has 0 unspecified atom stereocenters. The maximum Gasteiger partial charge on any atom is 0.416 e. The molecule has 0 fully saturated rings. The van der Waals surface area contributed by atoms with Gasteiger partial charge in [-0.2, -0.15) is 13.2 Å². The van der Waals surface area contributed by atoms with Crippen LogP contribution in [0, 0.1) is 10.1 Å². The first kappa shape index (κ1) is 16.6. The van der Waals surface area contributed by atoms with Gasteiger partial charge < -0.3 is 10.1 Å². The van der Waals surface area contributed by atoms with Crippen LogP contribution >= 0.6 is 0 Å². The number of nitro groups is 1. The second-order valence-electron chi connectivity index (χ2n) is 4.69. The number of halogens is 3. The molecule has 2 aromatic rings. The molecule has 0 amide bonds. The summed E-state index contributed by atoms with van der Waals surface area (Å²) < 4.78 is 43.0. The number of benzene rings is 2. The van der Waals surface area contributed by atoms with Gasteiger partial charge in [-0.25, -0.2) is 0 Å². The Kier molecular flexibility index (Phi) is 4.73. The van der Waals surface area contributed by atoms with Crippen LogP contribution in [0.2, 0.25) is 0 Å². The molecule has 0 aromatic heterocycles. The Morgan fingerprint density at radius 3 is 2.57 bits per heavy atom. The van der Waals surface area contributed by atoms with Crippen LogP contribution in [0.5, 0.6) is 5.75 Å². The molecule has 0 heterocycles. The van der Waals surface area contributed by atoms with Gasteiger partial charge in [0.15, 0.2) is 0 Å². The highest BCUT2D eigenvalue weighted by Gasteiger charge is 2.32. The van der Waals surface area contributed by atoms with Crippen LogP contribution in [0.3, 0.4) is 0 Å². The van der Waals surface area contributed by atoms with E-state index in [2.05, 4.69) is 5.32 Å². The van der Waals surface area contributed by atoms with E-state index in [0.29, 0.717) is 11.8 Å². The molecule has 0 saturated heterocycles. The zero-order valence-corrected chi connectivity index (χ0v) is 12.1. The molecule has 0 radical (unpaired) electrons. The highest BCUT2D eigenvalue weighted by atomic mass is 19.4. The van der Waals surface area contributed by atoms with Gasteiger partial charge in [-0.15, -0.1) is 0 Å². The molecule has 0 aliphatic rings. The molecule has 2 rings (SSSR count). The van der Waals surface area contributed by atoms with Crippen LogP contribution in [-0.4, -0.2) is 12.0 Å². The maximum absolute atomic E-state index is 12.6. The Hall–Kier alpha value is -2.77. The minimum atomic E-state index is -4.63. The van der Waals surface area contributed by atoms with Crippen LogP contribution < -0.4 is 10.1 Å². The molecule has 1 N–H and O–H groups in total. The van der Waals surface area contributed by atoms with E-state index in [4.69, 9.17) is 4.74 Å². The predicted octanol–water partition coefficient (Wildman–Crippen LogP) is 4.23. The molecule has 5 nitrogen and oxygen atoms in total. The second-order valence-corrected chi connectivity index (χ2v) is 4.69. The lowest BCUT2D eigenvalue weighted by molar-refractivity contribution is -0.384. The smallest absolute Gasteiger partial charge is 0.416 e. The molecule has 8 heteroatoms. The standard InChI is InChI=1S/C15H13F3N2O3/c1-23-12-4-2-3-10(7-12)9-19-13-6-5-11(15(16,17)18)8-14(13)20(21)22/h2-8,19H,9H2,1H3. The van der Waals surface area contributed by atoms with Gasteiger partial charge in [-0.1, -0.05) is 12.1 Å². The van der Waals surface area contributed by atoms with Crippen LogP contribution in [0.15, 0.2) is 42.5 Å². The van der Waals surface area contributed by atoms with Crippen molar-refractivity contribution in [2.45, 2.75) is 12.7 Å². The van der Waals surface area contributed by atoms with Gasteiger partial charge in [0.1, 0.15) is 11.4 Å². The quantitative estimate of drug-likeness (QED) is 0.659. The number of methoxy groups -OCH3 is 1. The fraction of sp³-hybridized carbons (Fsp3) is 0.200. The van der Waals surface area contributed by atoms with E-state index < -0.39 is 22.4 Å². The first-order valence-electron chi connectivity index (χ1n) is 6.53. The van der Waals surface area contributed by atoms with Gasteiger partial charge >= 0.3 is 6.18 Å². The monoisotopic (exact) mass is 326 g/mol. The molecule has 0 atom stereocenters. The van der Waals surface area contributed by atoms with E-state index in [1.165, 1.54) is 7.11 Å². The third-order valence-corrected chi connectivity index (χ3v) is 3.14. The van der Waals surface area contributed by atoms with Crippen LogP contribution in [0.4, 0.5) is 24.5 Å². The van der Waals surface area contributed by atoms with E-state index in [1.807, 2.05) is 0 Å². The zero-order chi connectivity index (χ0) is 17.0. The summed E-state index contributed by atoms with van der Waals surface area (Å²) in [6.45, 7) is 0.212. The van der Waals surface area contributed by atoms with Crippen LogP contribution in [-0.2, 0) is 12.7 Å². The fourth-order valence-corrected chi connectivity index (χ4v) is 1.99. The highest BCUT2D eigenvalue weighted by molar-refractivity contribution is 5.63. The third-order valence-electron chi connectivity index (χ3n) is 3.14. The minimum Gasteiger partial charge on any atom is -0.497 e. The lowest BCUT2D eigenvalue weighted by Crippen LogP contribution is -2.08. The van der Waals surface area contributed by atoms with E-state index in [9.17, 15) is 23.3 Å². The first-order valence-corrected chi connectivity index (χ1v) is 6.53. The van der Waals surface area contributed by atoms with E-state index in [1.54, 1.807) is 24.3 Å². The molecular formula is C15H13F3N2O3. The second kappa shape index (κ2) is 6.55. The summed E-state index contributed by atoms with van der Waals surface area (Å²) in [5.41, 5.74) is -0.886. The molecule has 0 bridgehead atoms. The van der Waals surface area contributed by atoms with Gasteiger partial charge in [0.2, 0.25) is 0 Å². The van der Waals surface area contributed by atoms with Gasteiger partial charge in [-0.05, 0) is 29.8 Å². The van der Waals surface area contributed by atoms with Gasteiger partial charge in [0.25, 0.3) is 5.69 Å². The summed E-state index contributed by atoms with van der Waals surface area (Å²) in [6, 6.07) is 9.37. The lowest BCUT2D eigenvalue weighted by atomic mass is 10.1. The molecular weight excluding hydrogens is 313 g/mol. The van der Waals surface area contributed by atoms with Crippen molar-refractivity contribution in [2.24, 2.45) is 0 Å². The number of alkyl halides is 3. The Balaban J connectivity index is 2.23. The number of nitrogens with one attached hydrogen (secondary N) is 1. The Labute approximate surface area is 129 Å². The summed E-state index contributed by atoms with van der Waals surface area (Å²) >= 11 is 0. The number of hydrogen-bond donors (Lipinski definition) is 1. The molecule has 0 aliphatic carbocycles. The van der Waals surface area contributed by atoms with E-state index >= 15 is 0 Å². The van der Waals surface area contributed by atoms with E-state index in [-0.39, 0.29) is 12.2 Å². The fourth-order valence-electron chi connectivity index (χ4n) is 1.99. The number of hydrogen-bond acceptors (Lipinski definition) is 4. The van der Waals surface area contributed by atoms with Crippen LogP contribution in [0.1, 0.15) is 11.1 Å². The average molecular weight is 326 g/mol. The van der Waals surface area contributed by atoms with Gasteiger partial charge in [0, 0.05) is 12.6 Å². The summed E-state index contributed by atoms with van der Waals surface area (Å²) in [7, 11) is 1.51. The summed E-state index contributed by atoms with van der Waals surface area (Å²) in [5, 5.41) is 13.8. The summed E-state index contributed by atoms with van der Waals surface area (Å²) in [5.74, 6) is 0.617. The molecule has 0 saturated carbocycles. The molecule has 2 aromatic carbocycles. The van der Waals surface area contributed by atoms with Crippen molar-refractivity contribution < 1.29 is 22.8 Å². The van der Waals surface area contributed by atoms with E-state index in [0.717, 1.165) is 17.7 Å². The van der Waals surface area contributed by atoms with Crippen molar-refractivity contribution in [2.75, 3.05) is 12.4 Å². The number of nitro benzene ring substituents is 1. The first-order chi connectivity index (χ1) is 10.8. The third kappa shape index (κ3) is 4.12. The molecule has 0 spiro atoms. The minimum absolute atomic E-state index is 0.0193. The number of nitrogens with zero attached hydrogens (tertiary/aromatic N) is 1.